The normalized spacial score (nSPS) is 10.4. The lowest BCUT2D eigenvalue weighted by atomic mass is 10.1. The van der Waals surface area contributed by atoms with Gasteiger partial charge < -0.3 is 4.42 Å². The zero-order chi connectivity index (χ0) is 10.1. The number of nitrogens with one attached hydrogen (secondary N) is 1. The lowest BCUT2D eigenvalue weighted by Crippen LogP contribution is -1.83. The maximum Gasteiger partial charge on any atom is 0.284 e. The van der Waals surface area contributed by atoms with E-state index in [1.807, 2.05) is 25.1 Å². The fourth-order valence-corrected chi connectivity index (χ4v) is 1.81. The van der Waals surface area contributed by atoms with Gasteiger partial charge >= 0.3 is 0 Å². The van der Waals surface area contributed by atoms with Crippen LogP contribution in [0.5, 0.6) is 0 Å². The van der Waals surface area contributed by atoms with Crippen LogP contribution < -0.4 is 0 Å². The summed E-state index contributed by atoms with van der Waals surface area (Å²) in [5.41, 5.74) is 2.03. The van der Waals surface area contributed by atoms with Crippen molar-refractivity contribution >= 4 is 28.1 Å². The summed E-state index contributed by atoms with van der Waals surface area (Å²) in [6.45, 7) is 1.99. The summed E-state index contributed by atoms with van der Waals surface area (Å²) in [5, 5.41) is 6.56. The SMILES string of the molecule is Cc1cc(Br)ccc1-c1n[nH]c(=S)o1. The third-order valence-corrected chi connectivity index (χ3v) is 2.52. The molecule has 0 fully saturated rings. The smallest absolute Gasteiger partial charge is 0.284 e. The number of benzene rings is 1. The number of hydrogen-bond donors (Lipinski definition) is 1. The molecule has 0 atom stereocenters. The standard InChI is InChI=1S/C9H7BrN2OS/c1-5-4-6(10)2-3-7(5)8-11-12-9(14)13-8/h2-4H,1H3,(H,12,14). The molecular formula is C9H7BrN2OS. The molecule has 0 unspecified atom stereocenters. The van der Waals surface area contributed by atoms with Crippen molar-refractivity contribution in [3.63, 3.8) is 0 Å². The number of halogens is 1. The summed E-state index contributed by atoms with van der Waals surface area (Å²) in [7, 11) is 0. The van der Waals surface area contributed by atoms with Crippen molar-refractivity contribution in [3.8, 4) is 11.5 Å². The van der Waals surface area contributed by atoms with Gasteiger partial charge in [-0.05, 0) is 42.9 Å². The van der Waals surface area contributed by atoms with Crippen molar-refractivity contribution in [3.05, 3.63) is 33.1 Å². The maximum atomic E-state index is 5.22. The molecule has 14 heavy (non-hydrogen) atoms. The highest BCUT2D eigenvalue weighted by Crippen LogP contribution is 2.24. The van der Waals surface area contributed by atoms with Crippen LogP contribution in [0.3, 0.4) is 0 Å². The van der Waals surface area contributed by atoms with Crippen LogP contribution in [0.25, 0.3) is 11.5 Å². The molecule has 0 amide bonds. The maximum absolute atomic E-state index is 5.22. The van der Waals surface area contributed by atoms with Gasteiger partial charge in [0.05, 0.1) is 0 Å². The predicted molar refractivity (Wildman–Crippen MR) is 59.6 cm³/mol. The van der Waals surface area contributed by atoms with E-state index in [1.54, 1.807) is 0 Å². The van der Waals surface area contributed by atoms with Gasteiger partial charge in [0.2, 0.25) is 5.89 Å². The van der Waals surface area contributed by atoms with Crippen molar-refractivity contribution in [1.82, 2.24) is 10.2 Å². The Balaban J connectivity index is 2.57. The lowest BCUT2D eigenvalue weighted by molar-refractivity contribution is 0.551. The first kappa shape index (κ1) is 9.61. The Morgan fingerprint density at radius 2 is 2.29 bits per heavy atom. The minimum Gasteiger partial charge on any atom is -0.409 e. The summed E-state index contributed by atoms with van der Waals surface area (Å²) in [4.78, 5) is 0.294. The number of nitrogens with zero attached hydrogens (tertiary/aromatic N) is 1. The second-order valence-corrected chi connectivity index (χ2v) is 4.16. The molecule has 2 aromatic rings. The van der Waals surface area contributed by atoms with Gasteiger partial charge in [-0.15, -0.1) is 5.10 Å². The molecular weight excluding hydrogens is 264 g/mol. The molecule has 72 valence electrons. The fraction of sp³-hybridized carbons (Fsp3) is 0.111. The van der Waals surface area contributed by atoms with E-state index in [9.17, 15) is 0 Å². The first-order chi connectivity index (χ1) is 6.66. The number of rotatable bonds is 1. The van der Waals surface area contributed by atoms with E-state index in [1.165, 1.54) is 0 Å². The molecule has 0 aliphatic carbocycles. The molecule has 1 N–H and O–H groups in total. The molecule has 0 saturated heterocycles. The molecule has 0 aliphatic rings. The molecule has 1 heterocycles. The van der Waals surface area contributed by atoms with E-state index in [4.69, 9.17) is 16.6 Å². The van der Waals surface area contributed by atoms with E-state index in [0.29, 0.717) is 10.7 Å². The summed E-state index contributed by atoms with van der Waals surface area (Å²) in [5.74, 6) is 0.528. The van der Waals surface area contributed by atoms with Crippen LogP contribution in [-0.2, 0) is 0 Å². The minimum absolute atomic E-state index is 0.294. The Morgan fingerprint density at radius 1 is 1.50 bits per heavy atom. The molecule has 0 spiro atoms. The summed E-state index contributed by atoms with van der Waals surface area (Å²) >= 11 is 8.20. The fourth-order valence-electron chi connectivity index (χ4n) is 1.21. The van der Waals surface area contributed by atoms with Gasteiger partial charge in [0.15, 0.2) is 0 Å². The Morgan fingerprint density at radius 3 is 2.86 bits per heavy atom. The molecule has 5 heteroatoms. The highest BCUT2D eigenvalue weighted by atomic mass is 79.9. The van der Waals surface area contributed by atoms with Gasteiger partial charge in [0, 0.05) is 10.0 Å². The Kier molecular flexibility index (Phi) is 2.52. The van der Waals surface area contributed by atoms with Crippen molar-refractivity contribution in [1.29, 1.82) is 0 Å². The van der Waals surface area contributed by atoms with E-state index in [0.717, 1.165) is 15.6 Å². The van der Waals surface area contributed by atoms with E-state index < -0.39 is 0 Å². The Labute approximate surface area is 94.3 Å². The van der Waals surface area contributed by atoms with Gasteiger partial charge in [-0.2, -0.15) is 0 Å². The second-order valence-electron chi connectivity index (χ2n) is 2.88. The molecule has 0 bridgehead atoms. The van der Waals surface area contributed by atoms with Gasteiger partial charge in [-0.3, -0.25) is 0 Å². The van der Waals surface area contributed by atoms with Crippen LogP contribution in [0, 0.1) is 11.8 Å². The van der Waals surface area contributed by atoms with Crippen molar-refractivity contribution in [2.45, 2.75) is 6.92 Å². The van der Waals surface area contributed by atoms with Gasteiger partial charge in [0.1, 0.15) is 0 Å². The summed E-state index contributed by atoms with van der Waals surface area (Å²) in [6.07, 6.45) is 0. The second kappa shape index (κ2) is 3.67. The van der Waals surface area contributed by atoms with Crippen LogP contribution in [0.4, 0.5) is 0 Å². The van der Waals surface area contributed by atoms with Crippen LogP contribution in [0.2, 0.25) is 0 Å². The van der Waals surface area contributed by atoms with Gasteiger partial charge in [0.25, 0.3) is 4.84 Å². The van der Waals surface area contributed by atoms with Crippen LogP contribution in [0.1, 0.15) is 5.56 Å². The van der Waals surface area contributed by atoms with Gasteiger partial charge in [-0.1, -0.05) is 15.9 Å². The molecule has 0 aliphatic heterocycles. The molecule has 1 aromatic carbocycles. The molecule has 0 radical (unpaired) electrons. The molecule has 0 saturated carbocycles. The molecule has 2 rings (SSSR count). The number of aromatic nitrogens is 2. The topological polar surface area (TPSA) is 41.8 Å². The van der Waals surface area contributed by atoms with E-state index >= 15 is 0 Å². The van der Waals surface area contributed by atoms with Gasteiger partial charge in [-0.25, -0.2) is 5.10 Å². The highest BCUT2D eigenvalue weighted by Gasteiger charge is 2.06. The Bertz CT molecular complexity index is 518. The van der Waals surface area contributed by atoms with Crippen molar-refractivity contribution in [2.75, 3.05) is 0 Å². The van der Waals surface area contributed by atoms with Crippen LogP contribution >= 0.6 is 28.1 Å². The predicted octanol–water partition coefficient (Wildman–Crippen LogP) is 3.47. The first-order valence-corrected chi connectivity index (χ1v) is 5.19. The summed E-state index contributed by atoms with van der Waals surface area (Å²) in [6, 6.07) is 5.88. The highest BCUT2D eigenvalue weighted by molar-refractivity contribution is 9.10. The zero-order valence-corrected chi connectivity index (χ0v) is 9.78. The zero-order valence-electron chi connectivity index (χ0n) is 7.37. The summed E-state index contributed by atoms with van der Waals surface area (Å²) < 4.78 is 6.26. The number of aryl methyl sites for hydroxylation is 1. The van der Waals surface area contributed by atoms with Crippen LogP contribution in [0.15, 0.2) is 27.1 Å². The molecule has 1 aromatic heterocycles. The average molecular weight is 271 g/mol. The van der Waals surface area contributed by atoms with Crippen LogP contribution in [-0.4, -0.2) is 10.2 Å². The quantitative estimate of drug-likeness (QED) is 0.807. The number of aromatic amines is 1. The molecule has 3 nitrogen and oxygen atoms in total. The Hall–Kier alpha value is -0.940. The van der Waals surface area contributed by atoms with Crippen molar-refractivity contribution in [2.24, 2.45) is 0 Å². The first-order valence-electron chi connectivity index (χ1n) is 3.99. The van der Waals surface area contributed by atoms with E-state index in [-0.39, 0.29) is 0 Å². The average Bonchev–Trinajstić information content (AvgIpc) is 2.51. The number of hydrogen-bond acceptors (Lipinski definition) is 3. The monoisotopic (exact) mass is 270 g/mol. The van der Waals surface area contributed by atoms with Crippen molar-refractivity contribution < 1.29 is 4.42 Å². The largest absolute Gasteiger partial charge is 0.409 e. The third-order valence-electron chi connectivity index (χ3n) is 1.86. The van der Waals surface area contributed by atoms with E-state index in [2.05, 4.69) is 26.1 Å². The third kappa shape index (κ3) is 1.78. The minimum atomic E-state index is 0.294. The number of H-pyrrole nitrogens is 1. The lowest BCUT2D eigenvalue weighted by Gasteiger charge is -2.00.